The van der Waals surface area contributed by atoms with Crippen LogP contribution in [0.2, 0.25) is 0 Å². The van der Waals surface area contributed by atoms with Gasteiger partial charge in [-0.3, -0.25) is 4.79 Å². The maximum atomic E-state index is 12.1. The van der Waals surface area contributed by atoms with Crippen LogP contribution in [0.25, 0.3) is 0 Å². The number of anilines is 1. The van der Waals surface area contributed by atoms with Gasteiger partial charge in [0.15, 0.2) is 0 Å². The summed E-state index contributed by atoms with van der Waals surface area (Å²) in [7, 11) is 0. The number of ether oxygens (including phenoxy) is 1. The Morgan fingerprint density at radius 3 is 2.81 bits per heavy atom. The molecule has 0 atom stereocenters. The lowest BCUT2D eigenvalue weighted by molar-refractivity contribution is 0.0347. The lowest BCUT2D eigenvalue weighted by Crippen LogP contribution is -2.26. The first kappa shape index (κ1) is 16.5. The second-order valence-corrected chi connectivity index (χ2v) is 6.57. The summed E-state index contributed by atoms with van der Waals surface area (Å²) in [6, 6.07) is 0.0532. The van der Waals surface area contributed by atoms with Crippen molar-refractivity contribution in [2.24, 2.45) is 0 Å². The molecule has 21 heavy (non-hydrogen) atoms. The van der Waals surface area contributed by atoms with E-state index in [-0.39, 0.29) is 11.6 Å². The van der Waals surface area contributed by atoms with Crippen LogP contribution >= 0.6 is 15.9 Å². The molecule has 1 saturated carbocycles. The molecule has 1 fully saturated rings. The van der Waals surface area contributed by atoms with Crippen LogP contribution in [0.5, 0.6) is 0 Å². The Balaban J connectivity index is 1.83. The number of hydrogen-bond acceptors (Lipinski definition) is 4. The number of rotatable bonds is 6. The molecule has 0 amide bonds. The van der Waals surface area contributed by atoms with Crippen molar-refractivity contribution in [1.29, 1.82) is 0 Å². The van der Waals surface area contributed by atoms with Gasteiger partial charge < -0.3 is 10.1 Å². The fraction of sp³-hybridized carbons (Fsp3) is 0.733. The first-order valence-electron chi connectivity index (χ1n) is 7.72. The van der Waals surface area contributed by atoms with Gasteiger partial charge in [0.2, 0.25) is 0 Å². The highest BCUT2D eigenvalue weighted by Gasteiger charge is 2.14. The van der Waals surface area contributed by atoms with Crippen molar-refractivity contribution in [3.8, 4) is 0 Å². The lowest BCUT2D eigenvalue weighted by Gasteiger charge is -2.22. The van der Waals surface area contributed by atoms with Crippen molar-refractivity contribution in [1.82, 2.24) is 9.78 Å². The van der Waals surface area contributed by atoms with E-state index in [0.717, 1.165) is 5.69 Å². The van der Waals surface area contributed by atoms with Gasteiger partial charge in [0.05, 0.1) is 30.6 Å². The normalized spacial score (nSPS) is 16.4. The Morgan fingerprint density at radius 1 is 1.43 bits per heavy atom. The monoisotopic (exact) mass is 357 g/mol. The van der Waals surface area contributed by atoms with Gasteiger partial charge in [-0.2, -0.15) is 5.10 Å². The van der Waals surface area contributed by atoms with Crippen LogP contribution < -0.4 is 10.9 Å². The first-order valence-corrected chi connectivity index (χ1v) is 8.51. The van der Waals surface area contributed by atoms with Gasteiger partial charge in [-0.05, 0) is 42.6 Å². The second kappa shape index (κ2) is 7.94. The van der Waals surface area contributed by atoms with Crippen LogP contribution in [0.15, 0.2) is 15.5 Å². The van der Waals surface area contributed by atoms with Gasteiger partial charge in [-0.15, -0.1) is 0 Å². The highest BCUT2D eigenvalue weighted by molar-refractivity contribution is 9.10. The van der Waals surface area contributed by atoms with Gasteiger partial charge >= 0.3 is 0 Å². The minimum atomic E-state index is -0.108. The maximum absolute atomic E-state index is 12.1. The predicted molar refractivity (Wildman–Crippen MR) is 87.9 cm³/mol. The van der Waals surface area contributed by atoms with E-state index >= 15 is 0 Å². The third-order valence-electron chi connectivity index (χ3n) is 3.76. The van der Waals surface area contributed by atoms with Crippen molar-refractivity contribution in [3.63, 3.8) is 0 Å². The quantitative estimate of drug-likeness (QED) is 0.793. The number of nitrogens with one attached hydrogen (secondary N) is 1. The van der Waals surface area contributed by atoms with Crippen LogP contribution in [0, 0.1) is 0 Å². The van der Waals surface area contributed by atoms with Gasteiger partial charge in [0.25, 0.3) is 5.56 Å². The molecule has 1 heterocycles. The maximum Gasteiger partial charge on any atom is 0.283 e. The van der Waals surface area contributed by atoms with E-state index in [1.807, 2.05) is 13.8 Å². The highest BCUT2D eigenvalue weighted by Crippen LogP contribution is 2.20. The van der Waals surface area contributed by atoms with Crippen molar-refractivity contribution >= 4 is 21.6 Å². The molecule has 0 spiro atoms. The molecule has 5 nitrogen and oxygen atoms in total. The molecule has 1 aliphatic carbocycles. The Morgan fingerprint density at radius 2 is 2.14 bits per heavy atom. The Hall–Kier alpha value is -0.880. The molecule has 6 heteroatoms. The molecular weight excluding hydrogens is 334 g/mol. The van der Waals surface area contributed by atoms with Crippen molar-refractivity contribution in [3.05, 3.63) is 21.0 Å². The van der Waals surface area contributed by atoms with Gasteiger partial charge in [0.1, 0.15) is 4.47 Å². The summed E-state index contributed by atoms with van der Waals surface area (Å²) in [5, 5.41) is 7.39. The van der Waals surface area contributed by atoms with Crippen LogP contribution in [-0.4, -0.2) is 29.0 Å². The summed E-state index contributed by atoms with van der Waals surface area (Å²) in [6.07, 6.45) is 8.35. The van der Waals surface area contributed by atoms with Crippen LogP contribution in [-0.2, 0) is 4.74 Å². The summed E-state index contributed by atoms with van der Waals surface area (Å²) in [5.41, 5.74) is 0.618. The Labute approximate surface area is 134 Å². The second-order valence-electron chi connectivity index (χ2n) is 5.77. The molecule has 1 aromatic heterocycles. The third-order valence-corrected chi connectivity index (χ3v) is 4.52. The van der Waals surface area contributed by atoms with Gasteiger partial charge in [-0.25, -0.2) is 4.68 Å². The van der Waals surface area contributed by atoms with E-state index in [1.54, 1.807) is 6.20 Å². The van der Waals surface area contributed by atoms with Crippen molar-refractivity contribution < 1.29 is 4.74 Å². The van der Waals surface area contributed by atoms with Crippen molar-refractivity contribution in [2.75, 3.05) is 18.5 Å². The van der Waals surface area contributed by atoms with Gasteiger partial charge in [-0.1, -0.05) is 19.3 Å². The predicted octanol–water partition coefficient (Wildman–Crippen LogP) is 3.35. The molecule has 1 aliphatic rings. The zero-order chi connectivity index (χ0) is 15.2. The fourth-order valence-electron chi connectivity index (χ4n) is 2.58. The number of hydrogen-bond donors (Lipinski definition) is 1. The molecule has 0 unspecified atom stereocenters. The average molecular weight is 358 g/mol. The zero-order valence-corrected chi connectivity index (χ0v) is 14.4. The first-order chi connectivity index (χ1) is 10.1. The SMILES string of the molecule is CC(C)n1ncc(NCCOC2CCCCC2)c(Br)c1=O. The lowest BCUT2D eigenvalue weighted by atomic mass is 9.98. The molecule has 1 N–H and O–H groups in total. The molecule has 0 aliphatic heterocycles. The fourth-order valence-corrected chi connectivity index (χ4v) is 3.00. The van der Waals surface area contributed by atoms with Crippen LogP contribution in [0.1, 0.15) is 52.0 Å². The van der Waals surface area contributed by atoms with Crippen molar-refractivity contribution in [2.45, 2.75) is 58.1 Å². The third kappa shape index (κ3) is 4.54. The number of nitrogens with zero attached hydrogens (tertiary/aromatic N) is 2. The number of aromatic nitrogens is 2. The summed E-state index contributed by atoms with van der Waals surface area (Å²) in [5.74, 6) is 0. The van der Waals surface area contributed by atoms with Crippen LogP contribution in [0.4, 0.5) is 5.69 Å². The van der Waals surface area contributed by atoms with Gasteiger partial charge in [0, 0.05) is 6.54 Å². The van der Waals surface area contributed by atoms with E-state index in [2.05, 4.69) is 26.3 Å². The minimum absolute atomic E-state index is 0.0532. The summed E-state index contributed by atoms with van der Waals surface area (Å²) >= 11 is 3.35. The van der Waals surface area contributed by atoms with Crippen LogP contribution in [0.3, 0.4) is 0 Å². The molecule has 0 saturated heterocycles. The Bertz CT molecular complexity index is 510. The molecular formula is C15H24BrN3O2. The van der Waals surface area contributed by atoms with E-state index < -0.39 is 0 Å². The Kier molecular flexibility index (Phi) is 6.23. The number of halogens is 1. The smallest absolute Gasteiger partial charge is 0.283 e. The standard InChI is InChI=1S/C15H24BrN3O2/c1-11(2)19-15(20)14(16)13(10-18-19)17-8-9-21-12-6-4-3-5-7-12/h10-12,17H,3-9H2,1-2H3. The summed E-state index contributed by atoms with van der Waals surface area (Å²) in [4.78, 5) is 12.1. The van der Waals surface area contributed by atoms with E-state index in [1.165, 1.54) is 36.8 Å². The topological polar surface area (TPSA) is 56.1 Å². The van der Waals surface area contributed by atoms with E-state index in [9.17, 15) is 4.79 Å². The van der Waals surface area contributed by atoms with E-state index in [4.69, 9.17) is 4.74 Å². The van der Waals surface area contributed by atoms with E-state index in [0.29, 0.717) is 23.7 Å². The molecule has 0 bridgehead atoms. The molecule has 0 radical (unpaired) electrons. The molecule has 118 valence electrons. The highest BCUT2D eigenvalue weighted by atomic mass is 79.9. The largest absolute Gasteiger partial charge is 0.380 e. The molecule has 2 rings (SSSR count). The summed E-state index contributed by atoms with van der Waals surface area (Å²) < 4.78 is 7.85. The minimum Gasteiger partial charge on any atom is -0.380 e. The molecule has 1 aromatic rings. The molecule has 0 aromatic carbocycles. The summed E-state index contributed by atoms with van der Waals surface area (Å²) in [6.45, 7) is 5.21. The average Bonchev–Trinajstić information content (AvgIpc) is 2.48. The zero-order valence-electron chi connectivity index (χ0n) is 12.8.